The number of carbonyl (C=O) groups excluding carboxylic acids is 1. The molecule has 16 heavy (non-hydrogen) atoms. The fourth-order valence-corrected chi connectivity index (χ4v) is 1.19. The van der Waals surface area contributed by atoms with Crippen molar-refractivity contribution >= 4 is 5.97 Å². The Morgan fingerprint density at radius 1 is 1.06 bits per heavy atom. The van der Waals surface area contributed by atoms with Crippen LogP contribution in [-0.2, 0) is 9.53 Å². The van der Waals surface area contributed by atoms with Gasteiger partial charge < -0.3 is 4.74 Å². The van der Waals surface area contributed by atoms with Gasteiger partial charge in [0.2, 0.25) is 0 Å². The zero-order chi connectivity index (χ0) is 12.1. The van der Waals surface area contributed by atoms with Crippen LogP contribution in [0.4, 0.5) is 0 Å². The third kappa shape index (κ3) is 11.0. The van der Waals surface area contributed by atoms with Crippen molar-refractivity contribution in [3.8, 4) is 0 Å². The number of hydrogen-bond acceptors (Lipinski definition) is 2. The lowest BCUT2D eigenvalue weighted by molar-refractivity contribution is -0.137. The van der Waals surface area contributed by atoms with Crippen LogP contribution in [-0.4, -0.2) is 12.6 Å². The molecule has 0 saturated carbocycles. The summed E-state index contributed by atoms with van der Waals surface area (Å²) in [6, 6.07) is 0. The van der Waals surface area contributed by atoms with E-state index < -0.39 is 0 Å². The van der Waals surface area contributed by atoms with Gasteiger partial charge >= 0.3 is 5.97 Å². The molecule has 2 heteroatoms. The molecule has 0 aromatic carbocycles. The smallest absolute Gasteiger partial charge is 0.330 e. The molecule has 0 unspecified atom stereocenters. The summed E-state index contributed by atoms with van der Waals surface area (Å²) in [7, 11) is 0. The van der Waals surface area contributed by atoms with Crippen LogP contribution >= 0.6 is 0 Å². The van der Waals surface area contributed by atoms with E-state index in [4.69, 9.17) is 4.74 Å². The topological polar surface area (TPSA) is 26.3 Å². The minimum atomic E-state index is -0.244. The predicted molar refractivity (Wildman–Crippen MR) is 68.3 cm³/mol. The summed E-state index contributed by atoms with van der Waals surface area (Å²) in [6.07, 6.45) is 14.0. The molecule has 0 N–H and O–H groups in total. The highest BCUT2D eigenvalue weighted by molar-refractivity contribution is 5.82. The number of ether oxygens (including phenoxy) is 1. The Morgan fingerprint density at radius 3 is 2.50 bits per heavy atom. The van der Waals surface area contributed by atoms with E-state index in [1.807, 2.05) is 6.08 Å². The Balaban J connectivity index is 3.46. The van der Waals surface area contributed by atoms with Crippen molar-refractivity contribution in [2.24, 2.45) is 0 Å². The summed E-state index contributed by atoms with van der Waals surface area (Å²) in [6.45, 7) is 4.79. The van der Waals surface area contributed by atoms with E-state index in [1.54, 1.807) is 6.08 Å². The van der Waals surface area contributed by atoms with Gasteiger partial charge in [-0.05, 0) is 19.3 Å². The molecule has 0 bridgehead atoms. The fourth-order valence-electron chi connectivity index (χ4n) is 1.19. The maximum Gasteiger partial charge on any atom is 0.330 e. The van der Waals surface area contributed by atoms with E-state index in [9.17, 15) is 4.79 Å². The van der Waals surface area contributed by atoms with Crippen LogP contribution < -0.4 is 0 Å². The van der Waals surface area contributed by atoms with Crippen molar-refractivity contribution < 1.29 is 9.53 Å². The Labute approximate surface area is 99.4 Å². The van der Waals surface area contributed by atoms with E-state index in [0.717, 1.165) is 19.3 Å². The van der Waals surface area contributed by atoms with Crippen LogP contribution in [0.1, 0.15) is 52.4 Å². The van der Waals surface area contributed by atoms with Crippen LogP contribution in [0.3, 0.4) is 0 Å². The first kappa shape index (κ1) is 14.9. The summed E-state index contributed by atoms with van der Waals surface area (Å²) in [4.78, 5) is 11.1. The minimum Gasteiger partial charge on any atom is -0.463 e. The normalized spacial score (nSPS) is 11.4. The van der Waals surface area contributed by atoms with Crippen molar-refractivity contribution in [2.45, 2.75) is 52.4 Å². The molecule has 0 aliphatic rings. The van der Waals surface area contributed by atoms with Gasteiger partial charge in [-0.25, -0.2) is 4.79 Å². The second kappa shape index (κ2) is 12.0. The molecule has 0 aromatic rings. The van der Waals surface area contributed by atoms with E-state index in [0.29, 0.717) is 6.61 Å². The molecule has 0 aliphatic carbocycles. The molecular weight excluding hydrogens is 200 g/mol. The molecule has 0 aliphatic heterocycles. The first-order valence-corrected chi connectivity index (χ1v) is 6.31. The zero-order valence-electron chi connectivity index (χ0n) is 10.6. The largest absolute Gasteiger partial charge is 0.463 e. The Bertz CT molecular complexity index is 217. The van der Waals surface area contributed by atoms with Crippen molar-refractivity contribution in [2.75, 3.05) is 6.61 Å². The molecule has 2 nitrogen and oxygen atoms in total. The maximum absolute atomic E-state index is 11.1. The Hall–Kier alpha value is -1.05. The third-order valence-electron chi connectivity index (χ3n) is 2.20. The van der Waals surface area contributed by atoms with Gasteiger partial charge in [0.25, 0.3) is 0 Å². The van der Waals surface area contributed by atoms with E-state index >= 15 is 0 Å². The average molecular weight is 224 g/mol. The number of unbranched alkanes of at least 4 members (excludes halogenated alkanes) is 4. The molecule has 0 saturated heterocycles. The lowest BCUT2D eigenvalue weighted by Crippen LogP contribution is -2.01. The van der Waals surface area contributed by atoms with Gasteiger partial charge in [0.1, 0.15) is 0 Å². The van der Waals surface area contributed by atoms with Crippen LogP contribution in [0.25, 0.3) is 0 Å². The molecule has 0 aromatic heterocycles. The molecule has 0 atom stereocenters. The maximum atomic E-state index is 11.1. The predicted octanol–water partition coefficient (Wildman–Crippen LogP) is 4.02. The molecule has 0 spiro atoms. The molecule has 0 fully saturated rings. The van der Waals surface area contributed by atoms with Gasteiger partial charge in [-0.3, -0.25) is 0 Å². The summed E-state index contributed by atoms with van der Waals surface area (Å²) < 4.78 is 4.97. The first-order valence-electron chi connectivity index (χ1n) is 6.31. The number of carbonyl (C=O) groups is 1. The number of esters is 1. The van der Waals surface area contributed by atoms with Gasteiger partial charge in [0, 0.05) is 6.08 Å². The Morgan fingerprint density at radius 2 is 1.81 bits per heavy atom. The van der Waals surface area contributed by atoms with Gasteiger partial charge in [-0.2, -0.15) is 0 Å². The quantitative estimate of drug-likeness (QED) is 0.256. The molecule has 0 amide bonds. The molecule has 0 heterocycles. The Kier molecular flexibility index (Phi) is 11.2. The monoisotopic (exact) mass is 224 g/mol. The highest BCUT2D eigenvalue weighted by Gasteiger charge is 1.93. The summed E-state index contributed by atoms with van der Waals surface area (Å²) in [5.74, 6) is -0.244. The number of allylic oxidation sites excluding steroid dienone is 3. The average Bonchev–Trinajstić information content (AvgIpc) is 2.28. The standard InChI is InChI=1S/C14H24O2/c1-3-5-7-8-9-10-11-12-14(15)16-13-6-4-2/h9-12H,3-8,13H2,1-2H3/b10-9-,12-11+. The molecular formula is C14H24O2. The minimum absolute atomic E-state index is 0.244. The van der Waals surface area contributed by atoms with Crippen molar-refractivity contribution in [1.82, 2.24) is 0 Å². The van der Waals surface area contributed by atoms with E-state index in [-0.39, 0.29) is 5.97 Å². The van der Waals surface area contributed by atoms with E-state index in [1.165, 1.54) is 25.3 Å². The lowest BCUT2D eigenvalue weighted by atomic mass is 10.2. The van der Waals surface area contributed by atoms with Gasteiger partial charge in [-0.15, -0.1) is 0 Å². The zero-order valence-corrected chi connectivity index (χ0v) is 10.6. The number of rotatable bonds is 9. The second-order valence-electron chi connectivity index (χ2n) is 3.80. The summed E-state index contributed by atoms with van der Waals surface area (Å²) in [5, 5.41) is 0. The summed E-state index contributed by atoms with van der Waals surface area (Å²) in [5.41, 5.74) is 0. The highest BCUT2D eigenvalue weighted by Crippen LogP contribution is 1.99. The fraction of sp³-hybridized carbons (Fsp3) is 0.643. The second-order valence-corrected chi connectivity index (χ2v) is 3.80. The van der Waals surface area contributed by atoms with Gasteiger partial charge in [0.15, 0.2) is 0 Å². The van der Waals surface area contributed by atoms with Crippen molar-refractivity contribution in [3.05, 3.63) is 24.3 Å². The van der Waals surface area contributed by atoms with Crippen molar-refractivity contribution in [1.29, 1.82) is 0 Å². The van der Waals surface area contributed by atoms with E-state index in [2.05, 4.69) is 19.9 Å². The first-order chi connectivity index (χ1) is 7.81. The van der Waals surface area contributed by atoms with Crippen LogP contribution in [0, 0.1) is 0 Å². The van der Waals surface area contributed by atoms with Gasteiger partial charge in [0.05, 0.1) is 6.61 Å². The van der Waals surface area contributed by atoms with Crippen molar-refractivity contribution in [3.63, 3.8) is 0 Å². The summed E-state index contributed by atoms with van der Waals surface area (Å²) >= 11 is 0. The van der Waals surface area contributed by atoms with Crippen LogP contribution in [0.15, 0.2) is 24.3 Å². The lowest BCUT2D eigenvalue weighted by Gasteiger charge is -1.98. The van der Waals surface area contributed by atoms with Crippen LogP contribution in [0.5, 0.6) is 0 Å². The molecule has 0 radical (unpaired) electrons. The molecule has 0 rings (SSSR count). The number of hydrogen-bond donors (Lipinski definition) is 0. The van der Waals surface area contributed by atoms with Crippen LogP contribution in [0.2, 0.25) is 0 Å². The highest BCUT2D eigenvalue weighted by atomic mass is 16.5. The third-order valence-corrected chi connectivity index (χ3v) is 2.20. The van der Waals surface area contributed by atoms with Gasteiger partial charge in [-0.1, -0.05) is 51.3 Å². The molecule has 92 valence electrons. The SMILES string of the molecule is CCCCC/C=C\C=C\C(=O)OCCCC.